The highest BCUT2D eigenvalue weighted by molar-refractivity contribution is 5.18. The molecular weight excluding hydrogens is 210 g/mol. The van der Waals surface area contributed by atoms with Gasteiger partial charge in [0.15, 0.2) is 0 Å². The van der Waals surface area contributed by atoms with Crippen molar-refractivity contribution in [2.45, 2.75) is 38.6 Å². The van der Waals surface area contributed by atoms with E-state index in [1.54, 1.807) is 0 Å². The lowest BCUT2D eigenvalue weighted by molar-refractivity contribution is 0.125. The first-order valence-electron chi connectivity index (χ1n) is 6.65. The summed E-state index contributed by atoms with van der Waals surface area (Å²) in [7, 11) is 0. The second-order valence-corrected chi connectivity index (χ2v) is 5.38. The lowest BCUT2D eigenvalue weighted by Gasteiger charge is -2.28. The second-order valence-electron chi connectivity index (χ2n) is 5.38. The lowest BCUT2D eigenvalue weighted by atomic mass is 9.87. The maximum absolute atomic E-state index is 9.56. The highest BCUT2D eigenvalue weighted by Gasteiger charge is 2.33. The molecule has 1 aliphatic rings. The Labute approximate surface area is 104 Å². The summed E-state index contributed by atoms with van der Waals surface area (Å²) in [5, 5.41) is 13.1. The molecule has 0 heterocycles. The maximum Gasteiger partial charge on any atom is 0.0499 e. The Morgan fingerprint density at radius 3 is 2.47 bits per heavy atom. The van der Waals surface area contributed by atoms with Crippen LogP contribution in [0.15, 0.2) is 30.3 Å². The van der Waals surface area contributed by atoms with Crippen LogP contribution >= 0.6 is 0 Å². The molecule has 0 amide bonds. The highest BCUT2D eigenvalue weighted by atomic mass is 16.3. The molecule has 2 nitrogen and oxygen atoms in total. The van der Waals surface area contributed by atoms with E-state index in [1.807, 2.05) is 6.07 Å². The Morgan fingerprint density at radius 2 is 1.88 bits per heavy atom. The van der Waals surface area contributed by atoms with Gasteiger partial charge in [-0.1, -0.05) is 43.2 Å². The van der Waals surface area contributed by atoms with Crippen LogP contribution in [0.2, 0.25) is 0 Å². The minimum atomic E-state index is 0.142. The van der Waals surface area contributed by atoms with E-state index in [0.717, 1.165) is 19.4 Å². The van der Waals surface area contributed by atoms with E-state index in [9.17, 15) is 5.11 Å². The summed E-state index contributed by atoms with van der Waals surface area (Å²) in [6.45, 7) is 3.44. The Morgan fingerprint density at radius 1 is 1.24 bits per heavy atom. The first-order valence-corrected chi connectivity index (χ1v) is 6.65. The Kier molecular flexibility index (Phi) is 4.19. The summed E-state index contributed by atoms with van der Waals surface area (Å²) < 4.78 is 0. The van der Waals surface area contributed by atoms with E-state index in [1.165, 1.54) is 18.4 Å². The number of aliphatic hydroxyl groups excluding tert-OH is 1. The van der Waals surface area contributed by atoms with Crippen molar-refractivity contribution in [2.24, 2.45) is 5.41 Å². The van der Waals surface area contributed by atoms with Crippen LogP contribution in [0.25, 0.3) is 0 Å². The predicted molar refractivity (Wildman–Crippen MR) is 70.8 cm³/mol. The van der Waals surface area contributed by atoms with E-state index in [2.05, 4.69) is 36.5 Å². The lowest BCUT2D eigenvalue weighted by Crippen LogP contribution is -2.36. The zero-order valence-electron chi connectivity index (χ0n) is 10.7. The monoisotopic (exact) mass is 233 g/mol. The molecule has 2 rings (SSSR count). The SMILES string of the molecule is CC(NCC1(CO)CCCC1)c1ccccc1. The average Bonchev–Trinajstić information content (AvgIpc) is 2.86. The molecule has 0 spiro atoms. The van der Waals surface area contributed by atoms with Crippen molar-refractivity contribution < 1.29 is 5.11 Å². The fraction of sp³-hybridized carbons (Fsp3) is 0.600. The van der Waals surface area contributed by atoms with Gasteiger partial charge in [0, 0.05) is 24.6 Å². The molecule has 17 heavy (non-hydrogen) atoms. The van der Waals surface area contributed by atoms with Crippen LogP contribution in [0.4, 0.5) is 0 Å². The smallest absolute Gasteiger partial charge is 0.0499 e. The predicted octanol–water partition coefficient (Wildman–Crippen LogP) is 2.89. The minimum Gasteiger partial charge on any atom is -0.396 e. The largest absolute Gasteiger partial charge is 0.396 e. The van der Waals surface area contributed by atoms with Gasteiger partial charge < -0.3 is 10.4 Å². The number of rotatable bonds is 5. The summed E-state index contributed by atoms with van der Waals surface area (Å²) >= 11 is 0. The zero-order valence-corrected chi connectivity index (χ0v) is 10.7. The molecule has 2 N–H and O–H groups in total. The van der Waals surface area contributed by atoms with Gasteiger partial charge in [0.2, 0.25) is 0 Å². The van der Waals surface area contributed by atoms with Crippen molar-refractivity contribution in [2.75, 3.05) is 13.2 Å². The van der Waals surface area contributed by atoms with Gasteiger partial charge in [-0.15, -0.1) is 0 Å². The van der Waals surface area contributed by atoms with E-state index in [4.69, 9.17) is 0 Å². The van der Waals surface area contributed by atoms with Gasteiger partial charge in [-0.3, -0.25) is 0 Å². The molecule has 1 unspecified atom stereocenters. The third kappa shape index (κ3) is 3.08. The molecule has 94 valence electrons. The summed E-state index contributed by atoms with van der Waals surface area (Å²) in [6, 6.07) is 10.9. The fourth-order valence-electron chi connectivity index (χ4n) is 2.74. The van der Waals surface area contributed by atoms with Crippen LogP contribution in [0.3, 0.4) is 0 Å². The molecule has 0 aliphatic heterocycles. The third-order valence-corrected chi connectivity index (χ3v) is 4.08. The van der Waals surface area contributed by atoms with Gasteiger partial charge in [0.05, 0.1) is 0 Å². The number of hydrogen-bond acceptors (Lipinski definition) is 2. The molecule has 0 radical (unpaired) electrons. The maximum atomic E-state index is 9.56. The van der Waals surface area contributed by atoms with Crippen molar-refractivity contribution in [3.05, 3.63) is 35.9 Å². The summed E-state index contributed by atoms with van der Waals surface area (Å²) in [6.07, 6.45) is 4.86. The Bertz CT molecular complexity index is 330. The van der Waals surface area contributed by atoms with E-state index in [-0.39, 0.29) is 5.41 Å². The third-order valence-electron chi connectivity index (χ3n) is 4.08. The van der Waals surface area contributed by atoms with Gasteiger partial charge in [-0.2, -0.15) is 0 Å². The van der Waals surface area contributed by atoms with E-state index >= 15 is 0 Å². The van der Waals surface area contributed by atoms with E-state index in [0.29, 0.717) is 12.6 Å². The van der Waals surface area contributed by atoms with Gasteiger partial charge >= 0.3 is 0 Å². The normalized spacial score (nSPS) is 20.4. The molecule has 0 bridgehead atoms. The summed E-state index contributed by atoms with van der Waals surface area (Å²) in [4.78, 5) is 0. The van der Waals surface area contributed by atoms with Gasteiger partial charge in [-0.05, 0) is 25.3 Å². The molecule has 0 aromatic heterocycles. The summed E-state index contributed by atoms with van der Waals surface area (Å²) in [5.74, 6) is 0. The van der Waals surface area contributed by atoms with Crippen molar-refractivity contribution in [1.29, 1.82) is 0 Å². The first-order chi connectivity index (χ1) is 8.26. The van der Waals surface area contributed by atoms with Crippen molar-refractivity contribution in [3.63, 3.8) is 0 Å². The molecule has 1 saturated carbocycles. The van der Waals surface area contributed by atoms with Crippen LogP contribution in [-0.4, -0.2) is 18.3 Å². The van der Waals surface area contributed by atoms with Crippen LogP contribution < -0.4 is 5.32 Å². The van der Waals surface area contributed by atoms with Crippen LogP contribution in [0.5, 0.6) is 0 Å². The minimum absolute atomic E-state index is 0.142. The number of benzene rings is 1. The average molecular weight is 233 g/mol. The Hall–Kier alpha value is -0.860. The van der Waals surface area contributed by atoms with Crippen LogP contribution in [-0.2, 0) is 0 Å². The van der Waals surface area contributed by atoms with Crippen molar-refractivity contribution >= 4 is 0 Å². The van der Waals surface area contributed by atoms with Gasteiger partial charge in [0.1, 0.15) is 0 Å². The molecule has 1 atom stereocenters. The molecule has 1 aromatic rings. The van der Waals surface area contributed by atoms with E-state index < -0.39 is 0 Å². The number of aliphatic hydroxyl groups is 1. The highest BCUT2D eigenvalue weighted by Crippen LogP contribution is 2.37. The molecule has 0 saturated heterocycles. The molecular formula is C15H23NO. The zero-order chi connectivity index (χ0) is 12.1. The second kappa shape index (κ2) is 5.65. The first kappa shape index (κ1) is 12.6. The quantitative estimate of drug-likeness (QED) is 0.819. The molecule has 1 aliphatic carbocycles. The topological polar surface area (TPSA) is 32.3 Å². The van der Waals surface area contributed by atoms with Crippen LogP contribution in [0, 0.1) is 5.41 Å². The molecule has 2 heteroatoms. The number of nitrogens with one attached hydrogen (secondary N) is 1. The fourth-order valence-corrected chi connectivity index (χ4v) is 2.74. The summed E-state index contributed by atoms with van der Waals surface area (Å²) in [5.41, 5.74) is 1.46. The van der Waals surface area contributed by atoms with Gasteiger partial charge in [0.25, 0.3) is 0 Å². The van der Waals surface area contributed by atoms with Crippen molar-refractivity contribution in [3.8, 4) is 0 Å². The molecule has 1 aromatic carbocycles. The molecule has 1 fully saturated rings. The Balaban J connectivity index is 1.89. The van der Waals surface area contributed by atoms with Crippen LogP contribution in [0.1, 0.15) is 44.2 Å². The van der Waals surface area contributed by atoms with Gasteiger partial charge in [-0.25, -0.2) is 0 Å². The van der Waals surface area contributed by atoms with Crippen molar-refractivity contribution in [1.82, 2.24) is 5.32 Å². The standard InChI is InChI=1S/C15H23NO/c1-13(14-7-3-2-4-8-14)16-11-15(12-17)9-5-6-10-15/h2-4,7-8,13,16-17H,5-6,9-12H2,1H3. The number of hydrogen-bond donors (Lipinski definition) is 2.